The number of hydrogen-bond acceptors (Lipinski definition) is 9. The lowest BCUT2D eigenvalue weighted by Crippen LogP contribution is -2.44. The van der Waals surface area contributed by atoms with Gasteiger partial charge in [0, 0.05) is 30.7 Å². The van der Waals surface area contributed by atoms with Crippen LogP contribution in [0.2, 0.25) is 0 Å². The zero-order valence-electron chi connectivity index (χ0n) is 31.9. The van der Waals surface area contributed by atoms with E-state index in [4.69, 9.17) is 19.3 Å². The number of carbonyl (C=O) groups is 5. The highest BCUT2D eigenvalue weighted by Crippen LogP contribution is 2.47. The number of carboxylic acid groups (broad SMARTS) is 1. The Morgan fingerprint density at radius 1 is 0.647 bits per heavy atom. The molecule has 0 aromatic heterocycles. The number of amides is 3. The Morgan fingerprint density at radius 2 is 1.12 bits per heavy atom. The molecule has 8 bridgehead atoms. The number of aldehydes is 1. The summed E-state index contributed by atoms with van der Waals surface area (Å²) >= 11 is 0. The second kappa shape index (κ2) is 15.3. The standard InChI is InChI=1S/C11H17NO4.C11H17NO3.C10H17NO2.C5H9N.ClH/c1-11(2,3)16-10(15)12-7-4-6(5-7)8(12)9(13)14;1-11(2,3)15-10(14)12-8-4-7(5-8)9(12)6-13;1-10(2,3)13-9(12)11-6-7-4-8(11)5-7;1-4-2-5(1)6-3-4;/h6-8H,4-5H2,1-3H3,(H,13,14);6-9H,4-5H2,1-3H3;7-8H,4-6H2,1-3H3;4-6H,1-3H2;1H. The molecule has 2 unspecified atom stereocenters. The van der Waals surface area contributed by atoms with E-state index in [0.29, 0.717) is 12.0 Å². The smallest absolute Gasteiger partial charge is 0.411 e. The molecule has 8 saturated heterocycles. The average Bonchev–Trinajstić information content (AvgIpc) is 3.74. The van der Waals surface area contributed by atoms with Gasteiger partial charge in [-0.15, -0.1) is 12.4 Å². The van der Waals surface area contributed by atoms with Gasteiger partial charge in [0.25, 0.3) is 0 Å². The molecule has 3 amide bonds. The molecule has 4 saturated carbocycles. The van der Waals surface area contributed by atoms with E-state index in [0.717, 1.165) is 56.4 Å². The van der Waals surface area contributed by atoms with Gasteiger partial charge in [0.2, 0.25) is 0 Å². The predicted octanol–water partition coefficient (Wildman–Crippen LogP) is 5.86. The van der Waals surface area contributed by atoms with Crippen molar-refractivity contribution in [1.82, 2.24) is 20.0 Å². The molecule has 0 spiro atoms. The van der Waals surface area contributed by atoms with Crippen molar-refractivity contribution in [2.45, 2.75) is 167 Å². The number of ether oxygens (including phenoxy) is 3. The van der Waals surface area contributed by atoms with Crippen molar-refractivity contribution in [2.75, 3.05) is 13.1 Å². The fourth-order valence-corrected chi connectivity index (χ4v) is 8.31. The SMILES string of the molecule is C1NC2CC1C2.CC(C)(C)OC(=O)N1C2CC(C2)C1C(=O)O.CC(C)(C)OC(=O)N1C2CC(C2)C1C=O.CC(C)(C)OC(=O)N1CC2CC1C2.Cl. The van der Waals surface area contributed by atoms with Gasteiger partial charge in [0.1, 0.15) is 29.1 Å². The summed E-state index contributed by atoms with van der Waals surface area (Å²) in [4.78, 5) is 62.1. The molecule has 8 heterocycles. The first-order valence-corrected chi connectivity index (χ1v) is 18.6. The lowest BCUT2D eigenvalue weighted by molar-refractivity contribution is -0.142. The van der Waals surface area contributed by atoms with E-state index in [-0.39, 0.29) is 54.2 Å². The van der Waals surface area contributed by atoms with Crippen LogP contribution in [0.1, 0.15) is 114 Å². The van der Waals surface area contributed by atoms with Gasteiger partial charge in [0.15, 0.2) is 0 Å². The molecule has 290 valence electrons. The highest BCUT2D eigenvalue weighted by atomic mass is 35.5. The molecule has 0 radical (unpaired) electrons. The summed E-state index contributed by atoms with van der Waals surface area (Å²) < 4.78 is 15.8. The summed E-state index contributed by atoms with van der Waals surface area (Å²) in [7, 11) is 0. The Balaban J connectivity index is 0.000000157. The normalized spacial score (nSPS) is 34.1. The van der Waals surface area contributed by atoms with Crippen molar-refractivity contribution in [3.05, 3.63) is 0 Å². The Morgan fingerprint density at radius 3 is 1.49 bits per heavy atom. The first-order chi connectivity index (χ1) is 23.1. The van der Waals surface area contributed by atoms with Gasteiger partial charge in [-0.1, -0.05) is 0 Å². The summed E-state index contributed by atoms with van der Waals surface area (Å²) in [6.07, 6.45) is 8.77. The van der Waals surface area contributed by atoms with Crippen molar-refractivity contribution in [3.63, 3.8) is 0 Å². The molecule has 14 heteroatoms. The summed E-state index contributed by atoms with van der Waals surface area (Å²) in [6.45, 7) is 18.8. The van der Waals surface area contributed by atoms with Gasteiger partial charge in [-0.05, 0) is 144 Å². The Labute approximate surface area is 309 Å². The zero-order valence-corrected chi connectivity index (χ0v) is 32.7. The van der Waals surface area contributed by atoms with Crippen LogP contribution < -0.4 is 5.32 Å². The summed E-state index contributed by atoms with van der Waals surface area (Å²) in [5.41, 5.74) is -1.42. The van der Waals surface area contributed by atoms with E-state index in [1.165, 1.54) is 37.1 Å². The summed E-state index contributed by atoms with van der Waals surface area (Å²) in [5.74, 6) is 1.42. The van der Waals surface area contributed by atoms with E-state index in [9.17, 15) is 24.0 Å². The second-order valence-corrected chi connectivity index (χ2v) is 18.5. The lowest BCUT2D eigenvalue weighted by Gasteiger charge is -2.28. The van der Waals surface area contributed by atoms with E-state index in [2.05, 4.69) is 5.32 Å². The maximum Gasteiger partial charge on any atom is 0.411 e. The van der Waals surface area contributed by atoms with Crippen LogP contribution >= 0.6 is 12.4 Å². The Hall–Kier alpha value is -2.80. The minimum atomic E-state index is -0.921. The highest BCUT2D eigenvalue weighted by Gasteiger charge is 2.57. The molecule has 12 aliphatic rings. The maximum absolute atomic E-state index is 11.9. The van der Waals surface area contributed by atoms with E-state index in [1.807, 2.05) is 46.4 Å². The van der Waals surface area contributed by atoms with Crippen LogP contribution in [0.5, 0.6) is 0 Å². The van der Waals surface area contributed by atoms with E-state index < -0.39 is 29.3 Å². The van der Waals surface area contributed by atoms with Gasteiger partial charge in [-0.3, -0.25) is 9.80 Å². The van der Waals surface area contributed by atoms with Crippen LogP contribution in [0.4, 0.5) is 14.4 Å². The third-order valence-corrected chi connectivity index (χ3v) is 10.9. The Bertz CT molecular complexity index is 1270. The fourth-order valence-electron chi connectivity index (χ4n) is 8.31. The molecule has 51 heavy (non-hydrogen) atoms. The molecular weight excluding hydrogens is 680 g/mol. The van der Waals surface area contributed by atoms with Crippen LogP contribution in [-0.2, 0) is 23.8 Å². The summed E-state index contributed by atoms with van der Waals surface area (Å²) in [6, 6.07) is 0.806. The van der Waals surface area contributed by atoms with Gasteiger partial charge < -0.3 is 34.3 Å². The van der Waals surface area contributed by atoms with Gasteiger partial charge in [-0.25, -0.2) is 19.2 Å². The average molecular weight is 741 g/mol. The number of rotatable bonds is 2. The zero-order chi connectivity index (χ0) is 36.9. The Kier molecular flexibility index (Phi) is 12.3. The number of carbonyl (C=O) groups excluding carboxylic acids is 4. The molecule has 2 N–H and O–H groups in total. The first kappa shape index (κ1) is 41.0. The third kappa shape index (κ3) is 9.80. The second-order valence-electron chi connectivity index (χ2n) is 18.5. The molecule has 2 atom stereocenters. The molecule has 4 aliphatic carbocycles. The number of carboxylic acids is 1. The number of fused-ring (bicyclic) bond motifs is 4. The number of nitrogens with one attached hydrogen (secondary N) is 1. The van der Waals surface area contributed by atoms with Crippen LogP contribution in [0.25, 0.3) is 0 Å². The number of aliphatic carboxylic acids is 1. The minimum absolute atomic E-state index is 0. The van der Waals surface area contributed by atoms with Crippen molar-refractivity contribution < 1.29 is 43.3 Å². The quantitative estimate of drug-likeness (QED) is 0.260. The van der Waals surface area contributed by atoms with Crippen LogP contribution in [0, 0.1) is 23.7 Å². The maximum atomic E-state index is 11.9. The van der Waals surface area contributed by atoms with Crippen LogP contribution in [-0.4, -0.2) is 116 Å². The number of nitrogens with zero attached hydrogens (tertiary/aromatic N) is 3. The first-order valence-electron chi connectivity index (χ1n) is 18.6. The number of hydrogen-bond donors (Lipinski definition) is 2. The monoisotopic (exact) mass is 740 g/mol. The van der Waals surface area contributed by atoms with Crippen LogP contribution in [0.15, 0.2) is 0 Å². The number of halogens is 1. The molecule has 13 nitrogen and oxygen atoms in total. The predicted molar refractivity (Wildman–Crippen MR) is 192 cm³/mol. The lowest BCUT2D eigenvalue weighted by atomic mass is 9.83. The van der Waals surface area contributed by atoms with E-state index in [1.54, 1.807) is 25.7 Å². The van der Waals surface area contributed by atoms with E-state index >= 15 is 0 Å². The third-order valence-electron chi connectivity index (χ3n) is 10.9. The molecule has 0 aromatic carbocycles. The van der Waals surface area contributed by atoms with Gasteiger partial charge in [-0.2, -0.15) is 0 Å². The minimum Gasteiger partial charge on any atom is -0.480 e. The molecule has 12 fully saturated rings. The van der Waals surface area contributed by atoms with Crippen molar-refractivity contribution in [2.24, 2.45) is 23.7 Å². The molecule has 12 rings (SSSR count). The highest BCUT2D eigenvalue weighted by molar-refractivity contribution is 5.85. The fraction of sp³-hybridized carbons (Fsp3) is 0.865. The van der Waals surface area contributed by atoms with Crippen molar-refractivity contribution in [3.8, 4) is 0 Å². The molecule has 0 aromatic rings. The topological polar surface area (TPSA) is 155 Å². The summed E-state index contributed by atoms with van der Waals surface area (Å²) in [5, 5.41) is 12.5. The molecular formula is C37H61ClN4O9. The molecule has 8 aliphatic heterocycles. The van der Waals surface area contributed by atoms with Gasteiger partial charge >= 0.3 is 24.2 Å². The van der Waals surface area contributed by atoms with Crippen molar-refractivity contribution in [1.29, 1.82) is 0 Å². The van der Waals surface area contributed by atoms with Gasteiger partial charge in [0.05, 0.1) is 6.04 Å². The largest absolute Gasteiger partial charge is 0.480 e. The van der Waals surface area contributed by atoms with Crippen LogP contribution in [0.3, 0.4) is 0 Å². The van der Waals surface area contributed by atoms with Crippen molar-refractivity contribution >= 4 is 42.9 Å².